The van der Waals surface area contributed by atoms with Gasteiger partial charge in [-0.2, -0.15) is 0 Å². The molecule has 142 valence electrons. The van der Waals surface area contributed by atoms with Crippen molar-refractivity contribution in [3.63, 3.8) is 0 Å². The molecule has 0 atom stereocenters. The second kappa shape index (κ2) is 11.9. The molecule has 7 heteroatoms. The Hall–Kier alpha value is -0.600. The van der Waals surface area contributed by atoms with E-state index in [2.05, 4.69) is 27.5 Å². The Morgan fingerprint density at radius 3 is 2.68 bits per heavy atom. The summed E-state index contributed by atoms with van der Waals surface area (Å²) in [5.74, 6) is 0.858. The quantitative estimate of drug-likeness (QED) is 0.255. The van der Waals surface area contributed by atoms with Gasteiger partial charge < -0.3 is 15.4 Å². The van der Waals surface area contributed by atoms with E-state index in [1.165, 1.54) is 25.7 Å². The molecule has 25 heavy (non-hydrogen) atoms. The molecule has 1 aromatic heterocycles. The zero-order chi connectivity index (χ0) is 17.3. The van der Waals surface area contributed by atoms with Crippen molar-refractivity contribution in [2.75, 3.05) is 26.8 Å². The molecule has 1 aliphatic rings. The van der Waals surface area contributed by atoms with Gasteiger partial charge in [0.2, 0.25) is 0 Å². The lowest BCUT2D eigenvalue weighted by Crippen LogP contribution is -2.43. The first-order valence-electron chi connectivity index (χ1n) is 8.79. The van der Waals surface area contributed by atoms with E-state index in [0.717, 1.165) is 37.6 Å². The Morgan fingerprint density at radius 2 is 2.08 bits per heavy atom. The van der Waals surface area contributed by atoms with E-state index < -0.39 is 0 Å². The van der Waals surface area contributed by atoms with Gasteiger partial charge in [0.15, 0.2) is 5.96 Å². The molecule has 1 saturated carbocycles. The van der Waals surface area contributed by atoms with Crippen molar-refractivity contribution in [1.29, 1.82) is 0 Å². The summed E-state index contributed by atoms with van der Waals surface area (Å²) in [4.78, 5) is 8.76. The van der Waals surface area contributed by atoms with Crippen molar-refractivity contribution in [2.45, 2.75) is 45.6 Å². The van der Waals surface area contributed by atoms with E-state index in [1.807, 2.05) is 6.07 Å². The molecular weight excluding hydrogens is 451 g/mol. The van der Waals surface area contributed by atoms with E-state index in [-0.39, 0.29) is 24.0 Å². The van der Waals surface area contributed by atoms with Crippen LogP contribution in [0.5, 0.6) is 0 Å². The van der Waals surface area contributed by atoms with Crippen LogP contribution in [-0.4, -0.2) is 37.7 Å². The van der Waals surface area contributed by atoms with Crippen LogP contribution in [0.1, 0.15) is 44.6 Å². The fourth-order valence-electron chi connectivity index (χ4n) is 3.24. The molecule has 5 nitrogen and oxygen atoms in total. The minimum absolute atomic E-state index is 0. The van der Waals surface area contributed by atoms with E-state index in [1.54, 1.807) is 19.4 Å². The van der Waals surface area contributed by atoms with Crippen LogP contribution in [0.3, 0.4) is 0 Å². The van der Waals surface area contributed by atoms with Crippen LogP contribution in [0, 0.1) is 5.41 Å². The highest BCUT2D eigenvalue weighted by molar-refractivity contribution is 14.0. The largest absolute Gasteiger partial charge is 0.385 e. The fourth-order valence-corrected chi connectivity index (χ4v) is 3.35. The van der Waals surface area contributed by atoms with Crippen LogP contribution in [-0.2, 0) is 11.3 Å². The van der Waals surface area contributed by atoms with Crippen LogP contribution < -0.4 is 10.6 Å². The maximum absolute atomic E-state index is 5.82. The number of hydrogen-bond donors (Lipinski definition) is 2. The molecule has 0 spiro atoms. The van der Waals surface area contributed by atoms with Crippen LogP contribution in [0.2, 0.25) is 5.15 Å². The van der Waals surface area contributed by atoms with Gasteiger partial charge in [-0.25, -0.2) is 9.98 Å². The first-order chi connectivity index (χ1) is 11.7. The van der Waals surface area contributed by atoms with Crippen molar-refractivity contribution in [1.82, 2.24) is 15.6 Å². The Balaban J connectivity index is 0.00000312. The summed E-state index contributed by atoms with van der Waals surface area (Å²) < 4.78 is 5.31. The predicted octanol–water partition coefficient (Wildman–Crippen LogP) is 4.01. The first-order valence-corrected chi connectivity index (χ1v) is 9.17. The summed E-state index contributed by atoms with van der Waals surface area (Å²) in [5, 5.41) is 7.36. The summed E-state index contributed by atoms with van der Waals surface area (Å²) in [6.45, 7) is 5.28. The third kappa shape index (κ3) is 7.66. The van der Waals surface area contributed by atoms with E-state index >= 15 is 0 Å². The third-order valence-corrected chi connectivity index (χ3v) is 4.91. The second-order valence-electron chi connectivity index (χ2n) is 6.49. The van der Waals surface area contributed by atoms with Crippen molar-refractivity contribution in [3.8, 4) is 0 Å². The highest BCUT2D eigenvalue weighted by Gasteiger charge is 2.33. The van der Waals surface area contributed by atoms with Crippen molar-refractivity contribution in [2.24, 2.45) is 10.4 Å². The van der Waals surface area contributed by atoms with Gasteiger partial charge in [0.25, 0.3) is 0 Å². The lowest BCUT2D eigenvalue weighted by Gasteiger charge is -2.30. The van der Waals surface area contributed by atoms with Crippen LogP contribution in [0.4, 0.5) is 0 Å². The second-order valence-corrected chi connectivity index (χ2v) is 6.88. The number of methoxy groups -OCH3 is 1. The number of guanidine groups is 1. The summed E-state index contributed by atoms with van der Waals surface area (Å²) in [7, 11) is 1.78. The highest BCUT2D eigenvalue weighted by Crippen LogP contribution is 2.40. The van der Waals surface area contributed by atoms with E-state index in [4.69, 9.17) is 16.3 Å². The van der Waals surface area contributed by atoms with E-state index in [0.29, 0.717) is 17.1 Å². The molecule has 0 bridgehead atoms. The van der Waals surface area contributed by atoms with Crippen LogP contribution >= 0.6 is 35.6 Å². The number of aliphatic imine (C=N–C) groups is 1. The summed E-state index contributed by atoms with van der Waals surface area (Å²) in [6, 6.07) is 3.75. The monoisotopic (exact) mass is 480 g/mol. The zero-order valence-electron chi connectivity index (χ0n) is 15.2. The minimum Gasteiger partial charge on any atom is -0.385 e. The number of pyridine rings is 1. The molecule has 1 fully saturated rings. The number of hydrogen-bond acceptors (Lipinski definition) is 3. The molecular formula is C18H30ClIN4O. The van der Waals surface area contributed by atoms with Gasteiger partial charge in [-0.3, -0.25) is 0 Å². The number of ether oxygens (including phenoxy) is 1. The Bertz CT molecular complexity index is 518. The number of aromatic nitrogens is 1. The number of nitrogens with one attached hydrogen (secondary N) is 2. The van der Waals surface area contributed by atoms with Crippen molar-refractivity contribution < 1.29 is 4.74 Å². The lowest BCUT2D eigenvalue weighted by atomic mass is 9.83. The number of rotatable bonds is 8. The SMILES string of the molecule is CCNC(=NCc1ccc(Cl)nc1)NCC1(CCOC)CCCC1.I. The van der Waals surface area contributed by atoms with Crippen LogP contribution in [0.25, 0.3) is 0 Å². The normalized spacial score (nSPS) is 16.4. The summed E-state index contributed by atoms with van der Waals surface area (Å²) in [6.07, 6.45) is 8.04. The average Bonchev–Trinajstić information content (AvgIpc) is 3.06. The Labute approximate surface area is 173 Å². The first kappa shape index (κ1) is 22.4. The molecule has 0 amide bonds. The van der Waals surface area contributed by atoms with Gasteiger partial charge in [-0.05, 0) is 43.2 Å². The topological polar surface area (TPSA) is 58.5 Å². The molecule has 1 heterocycles. The molecule has 0 aromatic carbocycles. The fraction of sp³-hybridized carbons (Fsp3) is 0.667. The van der Waals surface area contributed by atoms with Crippen molar-refractivity contribution in [3.05, 3.63) is 29.0 Å². The summed E-state index contributed by atoms with van der Waals surface area (Å²) in [5.41, 5.74) is 1.39. The van der Waals surface area contributed by atoms with Gasteiger partial charge in [0.05, 0.1) is 6.54 Å². The van der Waals surface area contributed by atoms with Gasteiger partial charge in [0.1, 0.15) is 5.15 Å². The molecule has 2 rings (SSSR count). The number of nitrogens with zero attached hydrogens (tertiary/aromatic N) is 2. The van der Waals surface area contributed by atoms with Gasteiger partial charge >= 0.3 is 0 Å². The molecule has 0 aliphatic heterocycles. The molecule has 0 unspecified atom stereocenters. The molecule has 2 N–H and O–H groups in total. The summed E-state index contributed by atoms with van der Waals surface area (Å²) >= 11 is 5.82. The minimum atomic E-state index is 0. The molecule has 0 saturated heterocycles. The Kier molecular flexibility index (Phi) is 10.7. The van der Waals surface area contributed by atoms with Crippen molar-refractivity contribution >= 4 is 41.5 Å². The predicted molar refractivity (Wildman–Crippen MR) is 115 cm³/mol. The van der Waals surface area contributed by atoms with Gasteiger partial charge in [-0.1, -0.05) is 30.5 Å². The standard InChI is InChI=1S/C18H29ClN4O.HI/c1-3-20-17(22-13-15-6-7-16(19)21-12-15)23-14-18(10-11-24-2)8-4-5-9-18;/h6-7,12H,3-5,8-11,13-14H2,1-2H3,(H2,20,22,23);1H. The molecule has 1 aromatic rings. The number of halogens is 2. The van der Waals surface area contributed by atoms with Crippen LogP contribution in [0.15, 0.2) is 23.3 Å². The van der Waals surface area contributed by atoms with Gasteiger partial charge in [-0.15, -0.1) is 24.0 Å². The average molecular weight is 481 g/mol. The third-order valence-electron chi connectivity index (χ3n) is 4.68. The molecule has 1 aliphatic carbocycles. The zero-order valence-corrected chi connectivity index (χ0v) is 18.3. The maximum Gasteiger partial charge on any atom is 0.191 e. The Morgan fingerprint density at radius 1 is 1.32 bits per heavy atom. The van der Waals surface area contributed by atoms with E-state index in [9.17, 15) is 0 Å². The molecule has 0 radical (unpaired) electrons. The highest BCUT2D eigenvalue weighted by atomic mass is 127. The smallest absolute Gasteiger partial charge is 0.191 e. The van der Waals surface area contributed by atoms with Gasteiger partial charge in [0, 0.05) is 33.0 Å². The lowest BCUT2D eigenvalue weighted by molar-refractivity contribution is 0.138. The maximum atomic E-state index is 5.82.